The molecule has 2 amide bonds. The smallest absolute Gasteiger partial charge is 0.312 e. The molecule has 140 valence electrons. The first-order valence-electron chi connectivity index (χ1n) is 8.35. The lowest BCUT2D eigenvalue weighted by molar-refractivity contribution is -0.147. The molecule has 1 aliphatic rings. The molecule has 0 radical (unpaired) electrons. The Kier molecular flexibility index (Phi) is 8.65. The summed E-state index contributed by atoms with van der Waals surface area (Å²) in [5.74, 6) is -1.41. The lowest BCUT2D eigenvalue weighted by atomic mass is 10.2. The molecule has 1 saturated heterocycles. The number of methoxy groups -OCH3 is 1. The van der Waals surface area contributed by atoms with Gasteiger partial charge in [-0.05, 0) is 19.5 Å². The van der Waals surface area contributed by atoms with Crippen LogP contribution in [0.4, 0.5) is 0 Å². The Morgan fingerprint density at radius 1 is 1.21 bits per heavy atom. The predicted octanol–water partition coefficient (Wildman–Crippen LogP) is -0.893. The summed E-state index contributed by atoms with van der Waals surface area (Å²) in [4.78, 5) is 28.0. The van der Waals surface area contributed by atoms with Crippen molar-refractivity contribution in [3.63, 3.8) is 0 Å². The Morgan fingerprint density at radius 2 is 1.88 bits per heavy atom. The van der Waals surface area contributed by atoms with E-state index in [9.17, 15) is 18.0 Å². The number of carbonyl (C=O) groups is 2. The van der Waals surface area contributed by atoms with Gasteiger partial charge in [-0.2, -0.15) is 0 Å². The maximum atomic E-state index is 12.4. The zero-order valence-corrected chi connectivity index (χ0v) is 15.6. The van der Waals surface area contributed by atoms with Gasteiger partial charge < -0.3 is 19.9 Å². The number of nitrogens with zero attached hydrogens (tertiary/aromatic N) is 2. The molecule has 0 spiro atoms. The van der Waals surface area contributed by atoms with Crippen LogP contribution in [0.1, 0.15) is 20.3 Å². The average molecular weight is 363 g/mol. The van der Waals surface area contributed by atoms with Crippen molar-refractivity contribution in [2.45, 2.75) is 26.3 Å². The summed E-state index contributed by atoms with van der Waals surface area (Å²) in [6.07, 6.45) is 0.366. The van der Waals surface area contributed by atoms with Crippen LogP contribution in [-0.4, -0.2) is 94.0 Å². The molecule has 0 aromatic carbocycles. The Hall–Kier alpha value is -1.19. The Bertz CT molecular complexity index is 519. The molecule has 1 unspecified atom stereocenters. The number of hydrogen-bond acceptors (Lipinski definition) is 6. The minimum Gasteiger partial charge on any atom is -0.383 e. The summed E-state index contributed by atoms with van der Waals surface area (Å²) in [7, 11) is -1.63. The van der Waals surface area contributed by atoms with Gasteiger partial charge in [0.05, 0.1) is 18.1 Å². The third-order valence-electron chi connectivity index (χ3n) is 4.25. The van der Waals surface area contributed by atoms with Gasteiger partial charge in [0.2, 0.25) is 0 Å². The van der Waals surface area contributed by atoms with Crippen molar-refractivity contribution in [2.24, 2.45) is 0 Å². The molecule has 0 bridgehead atoms. The van der Waals surface area contributed by atoms with E-state index < -0.39 is 27.7 Å². The van der Waals surface area contributed by atoms with Gasteiger partial charge in [0.25, 0.3) is 0 Å². The van der Waals surface area contributed by atoms with Gasteiger partial charge in [0.1, 0.15) is 0 Å². The summed E-state index contributed by atoms with van der Waals surface area (Å²) in [6, 6.07) is -0.453. The van der Waals surface area contributed by atoms with Gasteiger partial charge in [-0.15, -0.1) is 0 Å². The Balaban J connectivity index is 2.61. The second-order valence-electron chi connectivity index (χ2n) is 5.83. The molecule has 8 nitrogen and oxygen atoms in total. The van der Waals surface area contributed by atoms with E-state index in [1.54, 1.807) is 0 Å². The number of sulfone groups is 1. The SMILES string of the molecule is CCN(CC)CCNC(=O)C(=O)N(CCOC)C1CCS(=O)(=O)C1. The maximum Gasteiger partial charge on any atom is 0.312 e. The zero-order valence-electron chi connectivity index (χ0n) is 14.8. The summed E-state index contributed by atoms with van der Waals surface area (Å²) < 4.78 is 28.3. The molecule has 1 heterocycles. The largest absolute Gasteiger partial charge is 0.383 e. The van der Waals surface area contributed by atoms with Crippen molar-refractivity contribution in [2.75, 3.05) is 57.9 Å². The molecular weight excluding hydrogens is 334 g/mol. The molecule has 0 aliphatic carbocycles. The van der Waals surface area contributed by atoms with Gasteiger partial charge in [0, 0.05) is 32.8 Å². The Morgan fingerprint density at radius 3 is 2.38 bits per heavy atom. The molecular formula is C15H29N3O5S. The van der Waals surface area contributed by atoms with Crippen molar-refractivity contribution in [1.82, 2.24) is 15.1 Å². The van der Waals surface area contributed by atoms with Crippen molar-refractivity contribution >= 4 is 21.7 Å². The fourth-order valence-electron chi connectivity index (χ4n) is 2.73. The summed E-state index contributed by atoms with van der Waals surface area (Å²) in [6.45, 7) is 7.33. The molecule has 0 saturated carbocycles. The highest BCUT2D eigenvalue weighted by Crippen LogP contribution is 2.17. The minimum atomic E-state index is -3.13. The van der Waals surface area contributed by atoms with E-state index >= 15 is 0 Å². The molecule has 1 fully saturated rings. The van der Waals surface area contributed by atoms with Crippen LogP contribution in [0.5, 0.6) is 0 Å². The molecule has 0 aromatic rings. The van der Waals surface area contributed by atoms with Crippen LogP contribution in [0.15, 0.2) is 0 Å². The van der Waals surface area contributed by atoms with Crippen LogP contribution >= 0.6 is 0 Å². The van der Waals surface area contributed by atoms with Crippen LogP contribution in [0.25, 0.3) is 0 Å². The van der Waals surface area contributed by atoms with Crippen molar-refractivity contribution in [3.05, 3.63) is 0 Å². The highest BCUT2D eigenvalue weighted by molar-refractivity contribution is 7.91. The first-order chi connectivity index (χ1) is 11.3. The molecule has 1 rings (SSSR count). The number of likely N-dealkylation sites (N-methyl/N-ethyl adjacent to an activating group) is 1. The predicted molar refractivity (Wildman–Crippen MR) is 91.4 cm³/mol. The van der Waals surface area contributed by atoms with Crippen LogP contribution in [0, 0.1) is 0 Å². The quantitative estimate of drug-likeness (QED) is 0.534. The van der Waals surface area contributed by atoms with Gasteiger partial charge in [-0.1, -0.05) is 13.8 Å². The van der Waals surface area contributed by atoms with Crippen molar-refractivity contribution in [3.8, 4) is 0 Å². The maximum absolute atomic E-state index is 12.4. The third kappa shape index (κ3) is 6.37. The van der Waals surface area contributed by atoms with Gasteiger partial charge in [-0.25, -0.2) is 8.42 Å². The lowest BCUT2D eigenvalue weighted by Crippen LogP contribution is -2.50. The number of carbonyl (C=O) groups excluding carboxylic acids is 2. The number of ether oxygens (including phenoxy) is 1. The zero-order chi connectivity index (χ0) is 18.2. The number of amides is 2. The van der Waals surface area contributed by atoms with E-state index in [0.29, 0.717) is 19.5 Å². The first-order valence-corrected chi connectivity index (χ1v) is 10.2. The first kappa shape index (κ1) is 20.9. The van der Waals surface area contributed by atoms with Crippen molar-refractivity contribution < 1.29 is 22.7 Å². The molecule has 1 aliphatic heterocycles. The van der Waals surface area contributed by atoms with E-state index in [1.807, 2.05) is 13.8 Å². The van der Waals surface area contributed by atoms with E-state index in [0.717, 1.165) is 13.1 Å². The van der Waals surface area contributed by atoms with Crippen LogP contribution in [-0.2, 0) is 24.2 Å². The second-order valence-corrected chi connectivity index (χ2v) is 8.06. The van der Waals surface area contributed by atoms with Gasteiger partial charge in [-0.3, -0.25) is 9.59 Å². The van der Waals surface area contributed by atoms with Crippen LogP contribution in [0.3, 0.4) is 0 Å². The number of rotatable bonds is 9. The van der Waals surface area contributed by atoms with Crippen molar-refractivity contribution in [1.29, 1.82) is 0 Å². The van der Waals surface area contributed by atoms with E-state index in [1.165, 1.54) is 12.0 Å². The number of nitrogens with one attached hydrogen (secondary N) is 1. The Labute approximate surface area is 144 Å². The summed E-state index contributed by atoms with van der Waals surface area (Å²) >= 11 is 0. The lowest BCUT2D eigenvalue weighted by Gasteiger charge is -2.27. The molecule has 24 heavy (non-hydrogen) atoms. The van der Waals surface area contributed by atoms with Crippen LogP contribution in [0.2, 0.25) is 0 Å². The molecule has 1 atom stereocenters. The third-order valence-corrected chi connectivity index (χ3v) is 6.00. The normalized spacial score (nSPS) is 19.4. The number of hydrogen-bond donors (Lipinski definition) is 1. The topological polar surface area (TPSA) is 96.0 Å². The molecule has 9 heteroatoms. The van der Waals surface area contributed by atoms with Gasteiger partial charge >= 0.3 is 11.8 Å². The fraction of sp³-hybridized carbons (Fsp3) is 0.867. The minimum absolute atomic E-state index is 0.0536. The van der Waals surface area contributed by atoms with E-state index in [2.05, 4.69) is 10.2 Å². The standard InChI is InChI=1S/C15H29N3O5S/c1-4-17(5-2)8-7-16-14(19)15(20)18(9-10-23-3)13-6-11-24(21,22)12-13/h13H,4-12H2,1-3H3,(H,16,19). The monoisotopic (exact) mass is 363 g/mol. The van der Waals surface area contributed by atoms with Crippen LogP contribution < -0.4 is 5.32 Å². The molecule has 0 aromatic heterocycles. The highest BCUT2D eigenvalue weighted by atomic mass is 32.2. The van der Waals surface area contributed by atoms with E-state index in [-0.39, 0.29) is 24.7 Å². The van der Waals surface area contributed by atoms with E-state index in [4.69, 9.17) is 4.74 Å². The second kappa shape index (κ2) is 9.95. The molecule has 1 N–H and O–H groups in total. The summed E-state index contributed by atoms with van der Waals surface area (Å²) in [5.41, 5.74) is 0. The fourth-order valence-corrected chi connectivity index (χ4v) is 4.46. The average Bonchev–Trinajstić information content (AvgIpc) is 2.91. The van der Waals surface area contributed by atoms with Gasteiger partial charge in [0.15, 0.2) is 9.84 Å². The highest BCUT2D eigenvalue weighted by Gasteiger charge is 2.36. The summed E-state index contributed by atoms with van der Waals surface area (Å²) in [5, 5.41) is 2.62.